The maximum absolute atomic E-state index is 5.83. The fourth-order valence-corrected chi connectivity index (χ4v) is 1.97. The van der Waals surface area contributed by atoms with E-state index in [-0.39, 0.29) is 0 Å². The first-order chi connectivity index (χ1) is 9.81. The number of para-hydroxylation sites is 1. The van der Waals surface area contributed by atoms with E-state index in [2.05, 4.69) is 30.2 Å². The van der Waals surface area contributed by atoms with Gasteiger partial charge in [0.15, 0.2) is 0 Å². The standard InChI is InChI=1S/C17H22N2O/c1-3-10-18-13-14-11-15(4-2)19-17(12-14)20-16-8-6-5-7-9-16/h5-9,11-12,18H,3-4,10,13H2,1-2H3. The van der Waals surface area contributed by atoms with Gasteiger partial charge in [0, 0.05) is 18.3 Å². The highest BCUT2D eigenvalue weighted by Crippen LogP contribution is 2.21. The van der Waals surface area contributed by atoms with Crippen LogP contribution < -0.4 is 10.1 Å². The van der Waals surface area contributed by atoms with E-state index in [4.69, 9.17) is 4.74 Å². The summed E-state index contributed by atoms with van der Waals surface area (Å²) in [5.41, 5.74) is 2.28. The lowest BCUT2D eigenvalue weighted by molar-refractivity contribution is 0.459. The van der Waals surface area contributed by atoms with Gasteiger partial charge in [-0.05, 0) is 43.1 Å². The van der Waals surface area contributed by atoms with Gasteiger partial charge in [0.1, 0.15) is 5.75 Å². The lowest BCUT2D eigenvalue weighted by Gasteiger charge is -2.10. The number of aromatic nitrogens is 1. The third-order valence-corrected chi connectivity index (χ3v) is 3.00. The van der Waals surface area contributed by atoms with Crippen molar-refractivity contribution in [3.8, 4) is 11.6 Å². The smallest absolute Gasteiger partial charge is 0.219 e. The van der Waals surface area contributed by atoms with Gasteiger partial charge in [-0.1, -0.05) is 32.0 Å². The Morgan fingerprint density at radius 3 is 2.60 bits per heavy atom. The summed E-state index contributed by atoms with van der Waals surface area (Å²) in [6.45, 7) is 6.16. The van der Waals surface area contributed by atoms with Crippen LogP contribution in [-0.2, 0) is 13.0 Å². The fourth-order valence-electron chi connectivity index (χ4n) is 1.97. The number of benzene rings is 1. The Balaban J connectivity index is 2.13. The van der Waals surface area contributed by atoms with Crippen LogP contribution in [-0.4, -0.2) is 11.5 Å². The zero-order chi connectivity index (χ0) is 14.2. The zero-order valence-corrected chi connectivity index (χ0v) is 12.2. The summed E-state index contributed by atoms with van der Waals surface area (Å²) in [5.74, 6) is 1.49. The molecule has 3 heteroatoms. The van der Waals surface area contributed by atoms with Gasteiger partial charge in [-0.2, -0.15) is 0 Å². The predicted octanol–water partition coefficient (Wildman–Crippen LogP) is 3.94. The molecule has 0 fully saturated rings. The van der Waals surface area contributed by atoms with Crippen molar-refractivity contribution in [2.75, 3.05) is 6.54 Å². The van der Waals surface area contributed by atoms with Crippen LogP contribution in [0.15, 0.2) is 42.5 Å². The van der Waals surface area contributed by atoms with Gasteiger partial charge in [-0.25, -0.2) is 4.98 Å². The maximum Gasteiger partial charge on any atom is 0.219 e. The third kappa shape index (κ3) is 4.35. The Hall–Kier alpha value is -1.87. The van der Waals surface area contributed by atoms with Crippen LogP contribution in [0.1, 0.15) is 31.5 Å². The van der Waals surface area contributed by atoms with E-state index in [1.807, 2.05) is 36.4 Å². The van der Waals surface area contributed by atoms with Crippen LogP contribution in [0.5, 0.6) is 11.6 Å². The summed E-state index contributed by atoms with van der Waals surface area (Å²) in [6, 6.07) is 13.9. The van der Waals surface area contributed by atoms with E-state index >= 15 is 0 Å². The molecule has 3 nitrogen and oxygen atoms in total. The molecule has 1 N–H and O–H groups in total. The van der Waals surface area contributed by atoms with E-state index < -0.39 is 0 Å². The molecule has 1 heterocycles. The number of aryl methyl sites for hydroxylation is 1. The Kier molecular flexibility index (Phi) is 5.56. The molecule has 1 aromatic carbocycles. The normalized spacial score (nSPS) is 10.5. The summed E-state index contributed by atoms with van der Waals surface area (Å²) in [6.07, 6.45) is 2.05. The number of pyridine rings is 1. The molecule has 2 rings (SSSR count). The Bertz CT molecular complexity index is 526. The van der Waals surface area contributed by atoms with Crippen molar-refractivity contribution in [2.45, 2.75) is 33.2 Å². The lowest BCUT2D eigenvalue weighted by atomic mass is 10.2. The molecule has 0 aliphatic heterocycles. The average molecular weight is 270 g/mol. The van der Waals surface area contributed by atoms with E-state index in [1.54, 1.807) is 0 Å². The molecule has 0 radical (unpaired) electrons. The van der Waals surface area contributed by atoms with Gasteiger partial charge in [0.2, 0.25) is 5.88 Å². The largest absolute Gasteiger partial charge is 0.439 e. The van der Waals surface area contributed by atoms with E-state index in [1.165, 1.54) is 5.56 Å². The van der Waals surface area contributed by atoms with Crippen molar-refractivity contribution in [3.63, 3.8) is 0 Å². The van der Waals surface area contributed by atoms with E-state index in [0.29, 0.717) is 5.88 Å². The molecule has 0 unspecified atom stereocenters. The third-order valence-electron chi connectivity index (χ3n) is 3.00. The number of ether oxygens (including phenoxy) is 1. The highest BCUT2D eigenvalue weighted by molar-refractivity contribution is 5.30. The first-order valence-corrected chi connectivity index (χ1v) is 7.25. The minimum absolute atomic E-state index is 0.670. The van der Waals surface area contributed by atoms with Gasteiger partial charge in [-0.3, -0.25) is 0 Å². The summed E-state index contributed by atoms with van der Waals surface area (Å²) in [7, 11) is 0. The summed E-state index contributed by atoms with van der Waals surface area (Å²) >= 11 is 0. The summed E-state index contributed by atoms with van der Waals surface area (Å²) in [4.78, 5) is 4.53. The number of hydrogen-bond donors (Lipinski definition) is 1. The molecule has 0 bridgehead atoms. The van der Waals surface area contributed by atoms with Crippen molar-refractivity contribution in [3.05, 3.63) is 53.7 Å². The number of hydrogen-bond acceptors (Lipinski definition) is 3. The summed E-state index contributed by atoms with van der Waals surface area (Å²) < 4.78 is 5.83. The molecule has 0 saturated heterocycles. The van der Waals surface area contributed by atoms with Crippen LogP contribution in [0.2, 0.25) is 0 Å². The maximum atomic E-state index is 5.83. The van der Waals surface area contributed by atoms with Crippen LogP contribution in [0.4, 0.5) is 0 Å². The van der Waals surface area contributed by atoms with Crippen molar-refractivity contribution >= 4 is 0 Å². The fraction of sp³-hybridized carbons (Fsp3) is 0.353. The molecule has 2 aromatic rings. The van der Waals surface area contributed by atoms with Gasteiger partial charge >= 0.3 is 0 Å². The molecule has 0 aliphatic carbocycles. The molecule has 1 aromatic heterocycles. The average Bonchev–Trinajstić information content (AvgIpc) is 2.48. The SMILES string of the molecule is CCCNCc1cc(CC)nc(Oc2ccccc2)c1. The van der Waals surface area contributed by atoms with E-state index in [0.717, 1.165) is 37.4 Å². The molecule has 0 aliphatic rings. The predicted molar refractivity (Wildman–Crippen MR) is 82.1 cm³/mol. The van der Waals surface area contributed by atoms with Gasteiger partial charge in [0.05, 0.1) is 0 Å². The van der Waals surface area contributed by atoms with Crippen LogP contribution in [0.25, 0.3) is 0 Å². The monoisotopic (exact) mass is 270 g/mol. The van der Waals surface area contributed by atoms with Crippen molar-refractivity contribution in [1.29, 1.82) is 0 Å². The minimum Gasteiger partial charge on any atom is -0.439 e. The second-order valence-corrected chi connectivity index (χ2v) is 4.75. The Morgan fingerprint density at radius 2 is 1.90 bits per heavy atom. The zero-order valence-electron chi connectivity index (χ0n) is 12.2. The molecule has 106 valence electrons. The highest BCUT2D eigenvalue weighted by atomic mass is 16.5. The quantitative estimate of drug-likeness (QED) is 0.774. The molecule has 0 amide bonds. The summed E-state index contributed by atoms with van der Waals surface area (Å²) in [5, 5.41) is 3.41. The van der Waals surface area contributed by atoms with Gasteiger partial charge in [-0.15, -0.1) is 0 Å². The van der Waals surface area contributed by atoms with Crippen molar-refractivity contribution in [2.24, 2.45) is 0 Å². The van der Waals surface area contributed by atoms with Crippen molar-refractivity contribution < 1.29 is 4.74 Å². The highest BCUT2D eigenvalue weighted by Gasteiger charge is 2.04. The molecule has 0 spiro atoms. The number of rotatable bonds is 7. The second kappa shape index (κ2) is 7.65. The Labute approximate surface area is 121 Å². The number of nitrogens with one attached hydrogen (secondary N) is 1. The van der Waals surface area contributed by atoms with Crippen LogP contribution >= 0.6 is 0 Å². The van der Waals surface area contributed by atoms with Gasteiger partial charge in [0.25, 0.3) is 0 Å². The molecular weight excluding hydrogens is 248 g/mol. The van der Waals surface area contributed by atoms with Crippen molar-refractivity contribution in [1.82, 2.24) is 10.3 Å². The lowest BCUT2D eigenvalue weighted by Crippen LogP contribution is -2.14. The second-order valence-electron chi connectivity index (χ2n) is 4.75. The topological polar surface area (TPSA) is 34.2 Å². The number of nitrogens with zero attached hydrogens (tertiary/aromatic N) is 1. The first-order valence-electron chi connectivity index (χ1n) is 7.25. The minimum atomic E-state index is 0.670. The van der Waals surface area contributed by atoms with Crippen LogP contribution in [0.3, 0.4) is 0 Å². The van der Waals surface area contributed by atoms with Crippen LogP contribution in [0, 0.1) is 0 Å². The molecule has 0 saturated carbocycles. The molecular formula is C17H22N2O. The molecule has 0 atom stereocenters. The first kappa shape index (κ1) is 14.5. The molecule has 20 heavy (non-hydrogen) atoms. The Morgan fingerprint density at radius 1 is 1.10 bits per heavy atom. The van der Waals surface area contributed by atoms with Gasteiger partial charge < -0.3 is 10.1 Å². The van der Waals surface area contributed by atoms with E-state index in [9.17, 15) is 0 Å².